The molecule has 1 atom stereocenters. The summed E-state index contributed by atoms with van der Waals surface area (Å²) in [5.74, 6) is -3.03. The van der Waals surface area contributed by atoms with Crippen molar-refractivity contribution in [3.8, 4) is 11.3 Å². The van der Waals surface area contributed by atoms with E-state index in [9.17, 15) is 24.0 Å². The van der Waals surface area contributed by atoms with Gasteiger partial charge in [0.25, 0.3) is 23.5 Å². The van der Waals surface area contributed by atoms with Crippen molar-refractivity contribution in [3.05, 3.63) is 119 Å². The van der Waals surface area contributed by atoms with E-state index in [0.29, 0.717) is 61.5 Å². The zero-order chi connectivity index (χ0) is 38.1. The Morgan fingerprint density at radius 3 is 2.60 bits per heavy atom. The predicted octanol–water partition coefficient (Wildman–Crippen LogP) is 4.48. The van der Waals surface area contributed by atoms with Crippen LogP contribution in [0, 0.1) is 5.82 Å². The zero-order valence-corrected chi connectivity index (χ0v) is 29.4. The van der Waals surface area contributed by atoms with E-state index in [4.69, 9.17) is 0 Å². The smallest absolute Gasteiger partial charge is 0.264 e. The topological polar surface area (TPSA) is 181 Å². The summed E-state index contributed by atoms with van der Waals surface area (Å²) in [6.45, 7) is 0.810. The number of piperidine rings is 1. The lowest BCUT2D eigenvalue weighted by Gasteiger charge is -2.27. The van der Waals surface area contributed by atoms with Gasteiger partial charge in [-0.15, -0.1) is 0 Å². The number of hydrogen-bond donors (Lipinski definition) is 3. The van der Waals surface area contributed by atoms with E-state index in [1.807, 2.05) is 24.3 Å². The van der Waals surface area contributed by atoms with Crippen LogP contribution in [0.4, 0.5) is 10.1 Å². The summed E-state index contributed by atoms with van der Waals surface area (Å²) in [5, 5.41) is 13.9. The zero-order valence-electron chi connectivity index (χ0n) is 29.4. The maximum atomic E-state index is 15.3. The Labute approximate surface area is 313 Å². The van der Waals surface area contributed by atoms with Crippen molar-refractivity contribution in [2.24, 2.45) is 0 Å². The van der Waals surface area contributed by atoms with Gasteiger partial charge < -0.3 is 10.6 Å². The third-order valence-corrected chi connectivity index (χ3v) is 9.79. The van der Waals surface area contributed by atoms with Crippen LogP contribution >= 0.6 is 0 Å². The monoisotopic (exact) mass is 739 g/mol. The molecule has 15 heteroatoms. The average molecular weight is 740 g/mol. The maximum absolute atomic E-state index is 15.3. The Balaban J connectivity index is 0.826. The minimum absolute atomic E-state index is 0.0464. The van der Waals surface area contributed by atoms with Gasteiger partial charge in [0.15, 0.2) is 0 Å². The molecule has 0 aliphatic carbocycles. The number of anilines is 1. The number of benzene rings is 3. The van der Waals surface area contributed by atoms with Gasteiger partial charge in [0.2, 0.25) is 11.8 Å². The van der Waals surface area contributed by atoms with Gasteiger partial charge in [0.05, 0.1) is 40.3 Å². The van der Waals surface area contributed by atoms with Gasteiger partial charge in [-0.2, -0.15) is 5.10 Å². The number of amides is 5. The van der Waals surface area contributed by atoms with E-state index in [-0.39, 0.29) is 29.5 Å². The minimum atomic E-state index is -1.04. The minimum Gasteiger partial charge on any atom is -0.384 e. The van der Waals surface area contributed by atoms with Crippen LogP contribution in [0.25, 0.3) is 27.9 Å². The number of unbranched alkanes of at least 4 members (excludes halogenated alkanes) is 2. The van der Waals surface area contributed by atoms with Gasteiger partial charge in [-0.25, -0.2) is 18.9 Å². The number of carbonyl (C=O) groups is 5. The highest BCUT2D eigenvalue weighted by Crippen LogP contribution is 2.32. The molecule has 0 bridgehead atoms. The van der Waals surface area contributed by atoms with Crippen LogP contribution in [-0.4, -0.2) is 78.1 Å². The Morgan fingerprint density at radius 2 is 1.75 bits per heavy atom. The molecule has 5 heterocycles. The standard InChI is InChI=1S/C40H34FN9O5/c41-29-20-25(32-22-46-40-45-21-26(50(40)48-32)19-23-9-12-30-24(18-23)6-5-17-42-30)10-11-27(29)36(52)44-16-3-1-2-15-43-31-8-4-7-28-35(31)39(55)49(38(28)54)33-13-14-34(51)47-37(33)53/h4-12,17-18,20-22,33,43H,1-3,13-16,19H2,(H,44,52)(H,47,51,53). The molecule has 3 aromatic carbocycles. The summed E-state index contributed by atoms with van der Waals surface area (Å²) in [5.41, 5.74) is 4.47. The summed E-state index contributed by atoms with van der Waals surface area (Å²) in [4.78, 5) is 77.3. The van der Waals surface area contributed by atoms with E-state index in [0.717, 1.165) is 27.1 Å². The maximum Gasteiger partial charge on any atom is 0.264 e. The summed E-state index contributed by atoms with van der Waals surface area (Å²) in [7, 11) is 0. The fraction of sp³-hybridized carbons (Fsp3) is 0.225. The molecule has 1 unspecified atom stereocenters. The molecule has 2 aliphatic heterocycles. The number of nitrogens with zero attached hydrogens (tertiary/aromatic N) is 6. The largest absolute Gasteiger partial charge is 0.384 e. The van der Waals surface area contributed by atoms with Crippen molar-refractivity contribution in [3.63, 3.8) is 0 Å². The average Bonchev–Trinajstić information content (AvgIpc) is 3.70. The van der Waals surface area contributed by atoms with Crippen LogP contribution in [-0.2, 0) is 16.0 Å². The Kier molecular flexibility index (Phi) is 9.49. The third kappa shape index (κ3) is 6.99. The molecule has 276 valence electrons. The van der Waals surface area contributed by atoms with E-state index in [2.05, 4.69) is 42.1 Å². The summed E-state index contributed by atoms with van der Waals surface area (Å²) in [6, 6.07) is 18.2. The van der Waals surface area contributed by atoms with Crippen LogP contribution < -0.4 is 16.0 Å². The van der Waals surface area contributed by atoms with Crippen molar-refractivity contribution in [2.45, 2.75) is 44.6 Å². The summed E-state index contributed by atoms with van der Waals surface area (Å²) >= 11 is 0. The van der Waals surface area contributed by atoms with Gasteiger partial charge in [0, 0.05) is 48.8 Å². The van der Waals surface area contributed by atoms with Crippen molar-refractivity contribution in [1.82, 2.24) is 40.1 Å². The number of hydrogen-bond acceptors (Lipinski definition) is 10. The molecule has 55 heavy (non-hydrogen) atoms. The van der Waals surface area contributed by atoms with Gasteiger partial charge in [0.1, 0.15) is 17.6 Å². The Hall–Kier alpha value is -6.90. The second-order valence-corrected chi connectivity index (χ2v) is 13.4. The first-order chi connectivity index (χ1) is 26.7. The highest BCUT2D eigenvalue weighted by Gasteiger charge is 2.45. The van der Waals surface area contributed by atoms with Crippen LogP contribution in [0.2, 0.25) is 0 Å². The first kappa shape index (κ1) is 35.1. The molecule has 0 spiro atoms. The molecule has 1 saturated heterocycles. The molecule has 3 N–H and O–H groups in total. The molecule has 14 nitrogen and oxygen atoms in total. The number of imidazole rings is 1. The van der Waals surface area contributed by atoms with Gasteiger partial charge in [-0.1, -0.05) is 24.3 Å². The quantitative estimate of drug-likeness (QED) is 0.120. The lowest BCUT2D eigenvalue weighted by Crippen LogP contribution is -2.54. The van der Waals surface area contributed by atoms with Crippen LogP contribution in [0.15, 0.2) is 85.3 Å². The summed E-state index contributed by atoms with van der Waals surface area (Å²) < 4.78 is 16.9. The Morgan fingerprint density at radius 1 is 0.891 bits per heavy atom. The number of rotatable bonds is 12. The van der Waals surface area contributed by atoms with E-state index in [1.54, 1.807) is 41.2 Å². The molecule has 2 aliphatic rings. The molecular formula is C40H34FN9O5. The second kappa shape index (κ2) is 14.9. The fourth-order valence-electron chi connectivity index (χ4n) is 6.98. The lowest BCUT2D eigenvalue weighted by molar-refractivity contribution is -0.136. The van der Waals surface area contributed by atoms with Gasteiger partial charge in [-0.3, -0.25) is 39.2 Å². The van der Waals surface area contributed by atoms with Crippen molar-refractivity contribution >= 4 is 51.9 Å². The normalized spacial score (nSPS) is 15.4. The number of halogens is 1. The van der Waals surface area contributed by atoms with E-state index < -0.39 is 41.4 Å². The van der Waals surface area contributed by atoms with Crippen molar-refractivity contribution in [1.29, 1.82) is 0 Å². The van der Waals surface area contributed by atoms with Crippen molar-refractivity contribution in [2.75, 3.05) is 18.4 Å². The fourth-order valence-corrected chi connectivity index (χ4v) is 6.98. The van der Waals surface area contributed by atoms with Crippen molar-refractivity contribution < 1.29 is 28.4 Å². The van der Waals surface area contributed by atoms with E-state index in [1.165, 1.54) is 18.3 Å². The van der Waals surface area contributed by atoms with E-state index >= 15 is 4.39 Å². The third-order valence-electron chi connectivity index (χ3n) is 9.79. The predicted molar refractivity (Wildman–Crippen MR) is 199 cm³/mol. The molecule has 6 aromatic rings. The number of fused-ring (bicyclic) bond motifs is 3. The number of nitrogens with one attached hydrogen (secondary N) is 3. The first-order valence-corrected chi connectivity index (χ1v) is 17.9. The van der Waals surface area contributed by atoms with Gasteiger partial charge in [-0.05, 0) is 73.7 Å². The molecule has 8 rings (SSSR count). The lowest BCUT2D eigenvalue weighted by atomic mass is 10.0. The van der Waals surface area contributed by atoms with Crippen LogP contribution in [0.3, 0.4) is 0 Å². The molecule has 5 amide bonds. The van der Waals surface area contributed by atoms with Crippen LogP contribution in [0.1, 0.15) is 74.4 Å². The van der Waals surface area contributed by atoms with Crippen LogP contribution in [0.5, 0.6) is 0 Å². The highest BCUT2D eigenvalue weighted by molar-refractivity contribution is 6.25. The first-order valence-electron chi connectivity index (χ1n) is 17.9. The molecule has 1 fully saturated rings. The molecular weight excluding hydrogens is 705 g/mol. The number of aromatic nitrogens is 5. The SMILES string of the molecule is O=C1CCC(N2C(=O)c3cccc(NCCCCCNC(=O)c4ccc(-c5cnc6ncc(Cc7ccc8ncccc8c7)n6n5)cc4F)c3C2=O)C(=O)N1. The molecule has 0 saturated carbocycles. The molecule has 0 radical (unpaired) electrons. The number of imide groups is 2. The second-order valence-electron chi connectivity index (χ2n) is 13.4. The van der Waals surface area contributed by atoms with Gasteiger partial charge >= 0.3 is 0 Å². The Bertz CT molecular complexity index is 2540. The highest BCUT2D eigenvalue weighted by atomic mass is 19.1. The summed E-state index contributed by atoms with van der Waals surface area (Å²) in [6.07, 6.45) is 7.71. The molecule has 3 aromatic heterocycles. The number of pyridine rings is 1. The number of carbonyl (C=O) groups excluding carboxylic acids is 5.